The van der Waals surface area contributed by atoms with Crippen LogP contribution in [0.2, 0.25) is 0 Å². The van der Waals surface area contributed by atoms with Crippen LogP contribution in [0.1, 0.15) is 13.3 Å². The summed E-state index contributed by atoms with van der Waals surface area (Å²) < 4.78 is 2.00. The molecule has 3 nitrogen and oxygen atoms in total. The molecule has 1 N–H and O–H groups in total. The molecule has 0 saturated carbocycles. The van der Waals surface area contributed by atoms with E-state index in [4.69, 9.17) is 0 Å². The van der Waals surface area contributed by atoms with E-state index in [2.05, 4.69) is 4.98 Å². The van der Waals surface area contributed by atoms with Crippen LogP contribution in [0.4, 0.5) is 0 Å². The topological polar surface area (TPSA) is 38.0 Å². The molecule has 15 heavy (non-hydrogen) atoms. The third-order valence-corrected chi connectivity index (χ3v) is 3.20. The summed E-state index contributed by atoms with van der Waals surface area (Å²) >= 11 is 1.66. The van der Waals surface area contributed by atoms with Gasteiger partial charge in [-0.15, -0.1) is 11.3 Å². The fraction of sp³-hybridized carbons (Fsp3) is 0.364. The lowest BCUT2D eigenvalue weighted by atomic mass is 10.3. The first-order chi connectivity index (χ1) is 7.31. The minimum Gasteiger partial charge on any atom is -0.391 e. The average Bonchev–Trinajstić information content (AvgIpc) is 2.86. The molecule has 0 aliphatic rings. The van der Waals surface area contributed by atoms with Gasteiger partial charge in [0.2, 0.25) is 0 Å². The summed E-state index contributed by atoms with van der Waals surface area (Å²) in [6.45, 7) is 2.59. The van der Waals surface area contributed by atoms with Crippen molar-refractivity contribution in [2.24, 2.45) is 0 Å². The number of aliphatic hydroxyl groups is 1. The Morgan fingerprint density at radius 1 is 1.60 bits per heavy atom. The van der Waals surface area contributed by atoms with E-state index in [9.17, 15) is 5.11 Å². The van der Waals surface area contributed by atoms with E-state index in [0.717, 1.165) is 17.1 Å². The first kappa shape index (κ1) is 10.4. The van der Waals surface area contributed by atoms with E-state index in [1.807, 2.05) is 35.2 Å². The number of aliphatic hydroxyl groups excluding tert-OH is 1. The Morgan fingerprint density at radius 2 is 2.47 bits per heavy atom. The lowest BCUT2D eigenvalue weighted by molar-refractivity contribution is 0.150. The zero-order valence-electron chi connectivity index (χ0n) is 8.63. The van der Waals surface area contributed by atoms with Crippen molar-refractivity contribution in [3.05, 3.63) is 29.9 Å². The van der Waals surface area contributed by atoms with Crippen LogP contribution in [-0.2, 0) is 6.54 Å². The van der Waals surface area contributed by atoms with E-state index < -0.39 is 0 Å². The lowest BCUT2D eigenvalue weighted by Crippen LogP contribution is -2.14. The van der Waals surface area contributed by atoms with Crippen molar-refractivity contribution in [3.8, 4) is 10.7 Å². The molecule has 4 heteroatoms. The summed E-state index contributed by atoms with van der Waals surface area (Å²) in [6.07, 6.45) is 4.16. The molecule has 0 aromatic carbocycles. The Kier molecular flexibility index (Phi) is 3.18. The van der Waals surface area contributed by atoms with Gasteiger partial charge < -0.3 is 9.67 Å². The molecule has 2 heterocycles. The molecule has 0 amide bonds. The number of nitrogens with zero attached hydrogens (tertiary/aromatic N) is 2. The molecule has 0 spiro atoms. The zero-order valence-corrected chi connectivity index (χ0v) is 9.44. The van der Waals surface area contributed by atoms with Gasteiger partial charge in [-0.2, -0.15) is 0 Å². The average molecular weight is 222 g/mol. The molecule has 2 rings (SSSR count). The highest BCUT2D eigenvalue weighted by Crippen LogP contribution is 2.23. The summed E-state index contributed by atoms with van der Waals surface area (Å²) in [5.74, 6) is 0.942. The molecule has 80 valence electrons. The van der Waals surface area contributed by atoms with Crippen LogP contribution >= 0.6 is 11.3 Å². The van der Waals surface area contributed by atoms with Crippen molar-refractivity contribution in [1.82, 2.24) is 9.55 Å². The predicted molar refractivity (Wildman–Crippen MR) is 61.8 cm³/mol. The summed E-state index contributed by atoms with van der Waals surface area (Å²) in [4.78, 5) is 5.45. The van der Waals surface area contributed by atoms with E-state index >= 15 is 0 Å². The van der Waals surface area contributed by atoms with Crippen molar-refractivity contribution in [1.29, 1.82) is 0 Å². The van der Waals surface area contributed by atoms with Crippen LogP contribution in [0.25, 0.3) is 10.7 Å². The molecule has 0 bridgehead atoms. The SMILES string of the molecule is CCC(O)Cn1ccnc1-c1cccs1. The van der Waals surface area contributed by atoms with Gasteiger partial charge in [0.25, 0.3) is 0 Å². The van der Waals surface area contributed by atoms with Gasteiger partial charge in [-0.25, -0.2) is 4.98 Å². The second-order valence-corrected chi connectivity index (χ2v) is 4.39. The highest BCUT2D eigenvalue weighted by molar-refractivity contribution is 7.13. The van der Waals surface area contributed by atoms with Gasteiger partial charge in [-0.1, -0.05) is 13.0 Å². The quantitative estimate of drug-likeness (QED) is 0.862. The number of imidazole rings is 1. The Bertz CT molecular complexity index is 408. The second kappa shape index (κ2) is 4.59. The summed E-state index contributed by atoms with van der Waals surface area (Å²) in [5.41, 5.74) is 0. The highest BCUT2D eigenvalue weighted by Gasteiger charge is 2.09. The normalized spacial score (nSPS) is 12.9. The van der Waals surface area contributed by atoms with Gasteiger partial charge in [0.1, 0.15) is 5.82 Å². The number of rotatable bonds is 4. The van der Waals surface area contributed by atoms with Gasteiger partial charge in [0, 0.05) is 12.4 Å². The number of hydrogen-bond donors (Lipinski definition) is 1. The Morgan fingerprint density at radius 3 is 3.13 bits per heavy atom. The lowest BCUT2D eigenvalue weighted by Gasteiger charge is -2.10. The van der Waals surface area contributed by atoms with E-state index in [1.165, 1.54) is 0 Å². The smallest absolute Gasteiger partial charge is 0.150 e. The third-order valence-electron chi connectivity index (χ3n) is 2.34. The van der Waals surface area contributed by atoms with E-state index in [0.29, 0.717) is 6.54 Å². The molecule has 0 saturated heterocycles. The van der Waals surface area contributed by atoms with Crippen molar-refractivity contribution in [3.63, 3.8) is 0 Å². The fourth-order valence-corrected chi connectivity index (χ4v) is 2.18. The largest absolute Gasteiger partial charge is 0.391 e. The molecular formula is C11H14N2OS. The van der Waals surface area contributed by atoms with Gasteiger partial charge in [0.05, 0.1) is 17.5 Å². The molecular weight excluding hydrogens is 208 g/mol. The summed E-state index contributed by atoms with van der Waals surface area (Å²) in [5, 5.41) is 11.6. The van der Waals surface area contributed by atoms with Gasteiger partial charge >= 0.3 is 0 Å². The minimum absolute atomic E-state index is 0.294. The predicted octanol–water partition coefficient (Wildman–Crippen LogP) is 2.38. The maximum Gasteiger partial charge on any atom is 0.150 e. The second-order valence-electron chi connectivity index (χ2n) is 3.44. The van der Waals surface area contributed by atoms with Gasteiger partial charge in [0.15, 0.2) is 0 Å². The maximum atomic E-state index is 9.61. The Hall–Kier alpha value is -1.13. The highest BCUT2D eigenvalue weighted by atomic mass is 32.1. The molecule has 1 atom stereocenters. The number of thiophene rings is 1. The monoisotopic (exact) mass is 222 g/mol. The zero-order chi connectivity index (χ0) is 10.7. The van der Waals surface area contributed by atoms with Crippen LogP contribution < -0.4 is 0 Å². The van der Waals surface area contributed by atoms with Crippen molar-refractivity contribution in [2.75, 3.05) is 0 Å². The standard InChI is InChI=1S/C11H14N2OS/c1-2-9(14)8-13-6-5-12-11(13)10-4-3-7-15-10/h3-7,9,14H,2,8H2,1H3. The van der Waals surface area contributed by atoms with Crippen LogP contribution in [0, 0.1) is 0 Å². The number of aromatic nitrogens is 2. The molecule has 0 aliphatic carbocycles. The van der Waals surface area contributed by atoms with Crippen molar-refractivity contribution < 1.29 is 5.11 Å². The molecule has 1 unspecified atom stereocenters. The maximum absolute atomic E-state index is 9.61. The molecule has 0 fully saturated rings. The third kappa shape index (κ3) is 2.27. The van der Waals surface area contributed by atoms with Crippen LogP contribution in [-0.4, -0.2) is 20.8 Å². The van der Waals surface area contributed by atoms with Crippen LogP contribution in [0.5, 0.6) is 0 Å². The van der Waals surface area contributed by atoms with Crippen molar-refractivity contribution in [2.45, 2.75) is 26.0 Å². The molecule has 2 aromatic heterocycles. The Balaban J connectivity index is 2.23. The molecule has 2 aromatic rings. The summed E-state index contributed by atoms with van der Waals surface area (Å²) in [7, 11) is 0. The van der Waals surface area contributed by atoms with Gasteiger partial charge in [-0.3, -0.25) is 0 Å². The molecule has 0 radical (unpaired) electrons. The number of hydrogen-bond acceptors (Lipinski definition) is 3. The van der Waals surface area contributed by atoms with E-state index in [-0.39, 0.29) is 6.10 Å². The van der Waals surface area contributed by atoms with E-state index in [1.54, 1.807) is 17.5 Å². The minimum atomic E-state index is -0.294. The fourth-order valence-electron chi connectivity index (χ4n) is 1.44. The first-order valence-corrected chi connectivity index (χ1v) is 5.92. The summed E-state index contributed by atoms with van der Waals surface area (Å²) in [6, 6.07) is 4.05. The molecule has 0 aliphatic heterocycles. The van der Waals surface area contributed by atoms with Crippen molar-refractivity contribution >= 4 is 11.3 Å². The van der Waals surface area contributed by atoms with Gasteiger partial charge in [-0.05, 0) is 17.9 Å². The van der Waals surface area contributed by atoms with Crippen LogP contribution in [0.3, 0.4) is 0 Å². The first-order valence-electron chi connectivity index (χ1n) is 5.04. The Labute approximate surface area is 93.0 Å². The van der Waals surface area contributed by atoms with Crippen LogP contribution in [0.15, 0.2) is 29.9 Å².